The van der Waals surface area contributed by atoms with Gasteiger partial charge in [0.1, 0.15) is 0 Å². The van der Waals surface area contributed by atoms with Gasteiger partial charge in [-0.25, -0.2) is 4.79 Å². The van der Waals surface area contributed by atoms with Crippen molar-refractivity contribution in [2.45, 2.75) is 6.92 Å². The lowest BCUT2D eigenvalue weighted by Gasteiger charge is -2.06. The van der Waals surface area contributed by atoms with E-state index in [0.717, 1.165) is 5.56 Å². The second-order valence-electron chi connectivity index (χ2n) is 4.10. The number of nitrogens with one attached hydrogen (secondary N) is 1. The van der Waals surface area contributed by atoms with Crippen LogP contribution in [0.15, 0.2) is 40.8 Å². The number of rotatable bonds is 4. The summed E-state index contributed by atoms with van der Waals surface area (Å²) in [7, 11) is 0. The predicted molar refractivity (Wildman–Crippen MR) is 73.8 cm³/mol. The van der Waals surface area contributed by atoms with Gasteiger partial charge in [0.25, 0.3) is 5.91 Å². The first-order chi connectivity index (χ1) is 9.54. The minimum atomic E-state index is -0.740. The van der Waals surface area contributed by atoms with Gasteiger partial charge < -0.3 is 14.5 Å². The van der Waals surface area contributed by atoms with E-state index in [0.29, 0.717) is 5.69 Å². The lowest BCUT2D eigenvalue weighted by Crippen LogP contribution is -2.20. The fraction of sp³-hybridized carbons (Fsp3) is 0.143. The number of aryl methyl sites for hydroxylation is 1. The highest BCUT2D eigenvalue weighted by molar-refractivity contribution is 6.29. The summed E-state index contributed by atoms with van der Waals surface area (Å²) in [6.45, 7) is 1.52. The van der Waals surface area contributed by atoms with Crippen LogP contribution < -0.4 is 5.32 Å². The van der Waals surface area contributed by atoms with E-state index in [1.165, 1.54) is 12.1 Å². The normalized spacial score (nSPS) is 10.1. The number of benzene rings is 1. The highest BCUT2D eigenvalue weighted by Crippen LogP contribution is 2.14. The van der Waals surface area contributed by atoms with E-state index >= 15 is 0 Å². The van der Waals surface area contributed by atoms with Crippen LogP contribution in [0.4, 0.5) is 5.69 Å². The molecular formula is C14H12ClNO4. The Morgan fingerprint density at radius 1 is 1.30 bits per heavy atom. The van der Waals surface area contributed by atoms with Crippen molar-refractivity contribution in [3.8, 4) is 0 Å². The summed E-state index contributed by atoms with van der Waals surface area (Å²) in [5.74, 6) is -1.21. The number of carbonyl (C=O) groups is 2. The first-order valence-corrected chi connectivity index (χ1v) is 6.21. The van der Waals surface area contributed by atoms with Crippen LogP contribution in [0.2, 0.25) is 5.22 Å². The van der Waals surface area contributed by atoms with Gasteiger partial charge in [-0.1, -0.05) is 12.1 Å². The number of carbonyl (C=O) groups excluding carboxylic acids is 2. The van der Waals surface area contributed by atoms with Gasteiger partial charge in [0.05, 0.1) is 0 Å². The summed E-state index contributed by atoms with van der Waals surface area (Å²) in [6, 6.07) is 10.1. The van der Waals surface area contributed by atoms with E-state index in [9.17, 15) is 9.59 Å². The molecule has 0 bridgehead atoms. The molecule has 0 aliphatic heterocycles. The van der Waals surface area contributed by atoms with Gasteiger partial charge in [-0.15, -0.1) is 0 Å². The van der Waals surface area contributed by atoms with Crippen molar-refractivity contribution in [2.75, 3.05) is 11.9 Å². The molecule has 20 heavy (non-hydrogen) atoms. The number of ether oxygens (including phenoxy) is 1. The molecule has 1 amide bonds. The highest BCUT2D eigenvalue weighted by atomic mass is 35.5. The number of esters is 1. The number of hydrogen-bond donors (Lipinski definition) is 1. The third kappa shape index (κ3) is 3.86. The summed E-state index contributed by atoms with van der Waals surface area (Å²) in [5.41, 5.74) is 1.66. The second-order valence-corrected chi connectivity index (χ2v) is 4.47. The first-order valence-electron chi connectivity index (χ1n) is 5.83. The minimum absolute atomic E-state index is 0.0432. The standard InChI is InChI=1S/C14H12ClNO4/c1-9-3-2-4-10(7-9)16-13(17)8-19-14(18)11-5-6-12(15)20-11/h2-7H,8H2,1H3,(H,16,17). The monoisotopic (exact) mass is 293 g/mol. The molecule has 0 aliphatic carbocycles. The van der Waals surface area contributed by atoms with Crippen LogP contribution in [-0.4, -0.2) is 18.5 Å². The molecule has 1 aromatic carbocycles. The van der Waals surface area contributed by atoms with Crippen molar-refractivity contribution >= 4 is 29.2 Å². The van der Waals surface area contributed by atoms with Gasteiger partial charge in [-0.2, -0.15) is 0 Å². The summed E-state index contributed by atoms with van der Waals surface area (Å²) in [5, 5.41) is 2.71. The molecule has 0 aliphatic rings. The first kappa shape index (κ1) is 14.1. The fourth-order valence-electron chi connectivity index (χ4n) is 1.55. The Hall–Kier alpha value is -2.27. The zero-order chi connectivity index (χ0) is 14.5. The Kier molecular flexibility index (Phi) is 4.42. The smallest absolute Gasteiger partial charge is 0.374 e. The van der Waals surface area contributed by atoms with Crippen LogP contribution in [0.5, 0.6) is 0 Å². The molecular weight excluding hydrogens is 282 g/mol. The molecule has 1 N–H and O–H groups in total. The third-order valence-electron chi connectivity index (χ3n) is 2.41. The Morgan fingerprint density at radius 2 is 2.10 bits per heavy atom. The maximum atomic E-state index is 11.6. The van der Waals surface area contributed by atoms with E-state index in [1.807, 2.05) is 25.1 Å². The lowest BCUT2D eigenvalue weighted by atomic mass is 10.2. The van der Waals surface area contributed by atoms with Crippen LogP contribution in [-0.2, 0) is 9.53 Å². The van der Waals surface area contributed by atoms with Gasteiger partial charge in [0.2, 0.25) is 5.76 Å². The molecule has 0 radical (unpaired) electrons. The molecule has 0 fully saturated rings. The number of halogens is 1. The molecule has 0 atom stereocenters. The zero-order valence-electron chi connectivity index (χ0n) is 10.7. The Balaban J connectivity index is 1.85. The number of amides is 1. The van der Waals surface area contributed by atoms with Crippen LogP contribution in [0.25, 0.3) is 0 Å². The average Bonchev–Trinajstić information content (AvgIpc) is 2.83. The maximum absolute atomic E-state index is 11.6. The SMILES string of the molecule is Cc1cccc(NC(=O)COC(=O)c2ccc(Cl)o2)c1. The largest absolute Gasteiger partial charge is 0.450 e. The van der Waals surface area contributed by atoms with E-state index in [1.54, 1.807) is 6.07 Å². The molecule has 1 aromatic heterocycles. The average molecular weight is 294 g/mol. The summed E-state index contributed by atoms with van der Waals surface area (Å²) >= 11 is 5.54. The second kappa shape index (κ2) is 6.25. The molecule has 6 heteroatoms. The topological polar surface area (TPSA) is 68.5 Å². The summed E-state index contributed by atoms with van der Waals surface area (Å²) in [4.78, 5) is 23.1. The van der Waals surface area contributed by atoms with Gasteiger partial charge in [-0.05, 0) is 48.4 Å². The molecule has 5 nitrogen and oxygen atoms in total. The van der Waals surface area contributed by atoms with E-state index in [-0.39, 0.29) is 11.0 Å². The summed E-state index contributed by atoms with van der Waals surface area (Å²) in [6.07, 6.45) is 0. The highest BCUT2D eigenvalue weighted by Gasteiger charge is 2.14. The zero-order valence-corrected chi connectivity index (χ0v) is 11.4. The minimum Gasteiger partial charge on any atom is -0.450 e. The van der Waals surface area contributed by atoms with Gasteiger partial charge in [0, 0.05) is 5.69 Å². The van der Waals surface area contributed by atoms with Crippen LogP contribution in [0.3, 0.4) is 0 Å². The van der Waals surface area contributed by atoms with Crippen molar-refractivity contribution in [3.05, 3.63) is 52.9 Å². The van der Waals surface area contributed by atoms with Gasteiger partial charge in [0.15, 0.2) is 11.8 Å². The number of hydrogen-bond acceptors (Lipinski definition) is 4. The van der Waals surface area contributed by atoms with Crippen molar-refractivity contribution in [1.29, 1.82) is 0 Å². The maximum Gasteiger partial charge on any atom is 0.374 e. The quantitative estimate of drug-likeness (QED) is 0.880. The fourth-order valence-corrected chi connectivity index (χ4v) is 1.69. The van der Waals surface area contributed by atoms with Crippen molar-refractivity contribution < 1.29 is 18.7 Å². The van der Waals surface area contributed by atoms with Crippen LogP contribution in [0, 0.1) is 6.92 Å². The Bertz CT molecular complexity index is 636. The van der Waals surface area contributed by atoms with Gasteiger partial charge >= 0.3 is 5.97 Å². The summed E-state index contributed by atoms with van der Waals surface area (Å²) < 4.78 is 9.67. The molecule has 1 heterocycles. The van der Waals surface area contributed by atoms with Crippen molar-refractivity contribution in [2.24, 2.45) is 0 Å². The van der Waals surface area contributed by atoms with Crippen LogP contribution in [0.1, 0.15) is 16.1 Å². The van der Waals surface area contributed by atoms with E-state index in [4.69, 9.17) is 20.8 Å². The molecule has 2 aromatic rings. The molecule has 2 rings (SSSR count). The lowest BCUT2D eigenvalue weighted by molar-refractivity contribution is -0.119. The Labute approximate surface area is 120 Å². The number of anilines is 1. The van der Waals surface area contributed by atoms with E-state index < -0.39 is 18.5 Å². The van der Waals surface area contributed by atoms with E-state index in [2.05, 4.69) is 5.32 Å². The Morgan fingerprint density at radius 3 is 2.75 bits per heavy atom. The molecule has 0 saturated carbocycles. The molecule has 0 saturated heterocycles. The van der Waals surface area contributed by atoms with Crippen LogP contribution >= 0.6 is 11.6 Å². The van der Waals surface area contributed by atoms with Gasteiger partial charge in [-0.3, -0.25) is 4.79 Å². The predicted octanol–water partition coefficient (Wildman–Crippen LogP) is 3.04. The number of furan rings is 1. The third-order valence-corrected chi connectivity index (χ3v) is 2.61. The van der Waals surface area contributed by atoms with Crippen molar-refractivity contribution in [1.82, 2.24) is 0 Å². The molecule has 0 unspecified atom stereocenters. The molecule has 0 spiro atoms. The van der Waals surface area contributed by atoms with Crippen molar-refractivity contribution in [3.63, 3.8) is 0 Å². The molecule has 104 valence electrons.